The van der Waals surface area contributed by atoms with Crippen LogP contribution in [0.2, 0.25) is 5.02 Å². The van der Waals surface area contributed by atoms with Gasteiger partial charge in [-0.05, 0) is 115 Å². The molecule has 0 bridgehead atoms. The second-order valence-corrected chi connectivity index (χ2v) is 20.9. The summed E-state index contributed by atoms with van der Waals surface area (Å²) >= 11 is 6.24. The Bertz CT molecular complexity index is 2600. The fourth-order valence-electron chi connectivity index (χ4n) is 7.94. The molecular weight excluding hydrogens is 806 g/mol. The van der Waals surface area contributed by atoms with E-state index >= 15 is 0 Å². The van der Waals surface area contributed by atoms with E-state index in [0.717, 1.165) is 73.6 Å². The van der Waals surface area contributed by atoms with Crippen LogP contribution in [-0.4, -0.2) is 83.9 Å². The summed E-state index contributed by atoms with van der Waals surface area (Å²) in [5.74, 6) is -0.0122. The highest BCUT2D eigenvalue weighted by atomic mass is 35.5. The maximum atomic E-state index is 13.9. The predicted octanol–water partition coefficient (Wildman–Crippen LogP) is 8.67. The number of allylic oxidation sites excluding steroid dienone is 1. The van der Waals surface area contributed by atoms with Crippen LogP contribution in [0.15, 0.2) is 102 Å². The topological polar surface area (TPSA) is 141 Å². The van der Waals surface area contributed by atoms with Crippen molar-refractivity contribution in [3.63, 3.8) is 0 Å². The molecule has 1 aliphatic carbocycles. The van der Waals surface area contributed by atoms with E-state index in [1.807, 2.05) is 54.7 Å². The smallest absolute Gasteiger partial charge is 0.268 e. The highest BCUT2D eigenvalue weighted by Crippen LogP contribution is 2.43. The van der Waals surface area contributed by atoms with Crippen LogP contribution in [-0.2, 0) is 19.9 Å². The third kappa shape index (κ3) is 10.5. The van der Waals surface area contributed by atoms with E-state index in [1.165, 1.54) is 35.1 Å². The summed E-state index contributed by atoms with van der Waals surface area (Å²) < 4.78 is 58.9. The summed E-state index contributed by atoms with van der Waals surface area (Å²) in [6.07, 6.45) is 6.67. The molecule has 0 atom stereocenters. The Morgan fingerprint density at radius 1 is 0.915 bits per heavy atom. The Balaban J connectivity index is 1.08. The van der Waals surface area contributed by atoms with Crippen LogP contribution >= 0.6 is 11.6 Å². The van der Waals surface area contributed by atoms with Crippen LogP contribution < -0.4 is 19.7 Å². The molecule has 1 aromatic heterocycles. The van der Waals surface area contributed by atoms with Crippen molar-refractivity contribution in [1.82, 2.24) is 14.6 Å². The summed E-state index contributed by atoms with van der Waals surface area (Å²) in [5, 5.41) is 4.72. The molecule has 2 aliphatic rings. The van der Waals surface area contributed by atoms with Crippen molar-refractivity contribution < 1.29 is 26.4 Å². The summed E-state index contributed by atoms with van der Waals surface area (Å²) in [5.41, 5.74) is 7.52. The van der Waals surface area contributed by atoms with Gasteiger partial charge >= 0.3 is 0 Å². The van der Waals surface area contributed by atoms with Crippen molar-refractivity contribution in [3.8, 4) is 11.5 Å². The molecule has 11 nitrogen and oxygen atoms in total. The van der Waals surface area contributed by atoms with E-state index in [2.05, 4.69) is 50.8 Å². The van der Waals surface area contributed by atoms with Crippen LogP contribution in [0.25, 0.3) is 16.5 Å². The van der Waals surface area contributed by atoms with Gasteiger partial charge in [0.05, 0.1) is 16.2 Å². The molecule has 0 radical (unpaired) electrons. The number of nitrogens with zero attached hydrogens (tertiary/aromatic N) is 2. The highest BCUT2D eigenvalue weighted by molar-refractivity contribution is 7.90. The Kier molecular flexibility index (Phi) is 12.5. The van der Waals surface area contributed by atoms with Gasteiger partial charge in [-0.25, -0.2) is 21.6 Å². The molecule has 312 valence electrons. The van der Waals surface area contributed by atoms with Gasteiger partial charge in [0, 0.05) is 85.1 Å². The number of carbonyl (C=O) groups is 1. The monoisotopic (exact) mass is 857 g/mol. The number of amides is 1. The van der Waals surface area contributed by atoms with Crippen molar-refractivity contribution >= 4 is 65.2 Å². The second-order valence-electron chi connectivity index (χ2n) is 16.5. The van der Waals surface area contributed by atoms with Gasteiger partial charge in [-0.15, -0.1) is 0 Å². The minimum Gasteiger partial charge on any atom is -0.456 e. The van der Waals surface area contributed by atoms with Crippen LogP contribution in [0, 0.1) is 12.3 Å². The number of fused-ring (bicyclic) bond motifs is 1. The zero-order valence-corrected chi connectivity index (χ0v) is 36.4. The van der Waals surface area contributed by atoms with E-state index in [4.69, 9.17) is 16.3 Å². The molecule has 7 rings (SSSR count). The Hall–Kier alpha value is -4.82. The number of rotatable bonds is 14. The number of nitrogens with one attached hydrogen (secondary N) is 3. The Morgan fingerprint density at radius 2 is 1.68 bits per heavy atom. The second kappa shape index (κ2) is 17.4. The van der Waals surface area contributed by atoms with Gasteiger partial charge in [0.25, 0.3) is 15.9 Å². The van der Waals surface area contributed by atoms with Crippen molar-refractivity contribution in [3.05, 3.63) is 118 Å². The maximum absolute atomic E-state index is 13.9. The normalized spacial score (nSPS) is 16.3. The quantitative estimate of drug-likeness (QED) is 0.0936. The molecule has 1 amide bonds. The standard InChI is InChI=1S/C45H52ClN5O6S2/c1-31-27-36(14-16-40(31)47-20-6-26-58(4,53)54)59(55,56)49-44(52)38-15-13-35(28-43(38)57-42-8-5-7-41-37(42)18-21-48-41)51-24-22-50(23-25-51)30-33-17-19-45(2,3)29-39(33)32-9-11-34(46)12-10-32/h5,7-16,18,21,27-28,47-48H,6,17,19-20,22-26,29-30H2,1-4H3,(H,49,52). The lowest BCUT2D eigenvalue weighted by Gasteiger charge is -2.39. The molecule has 1 aliphatic heterocycles. The SMILES string of the molecule is Cc1cc(S(=O)(=O)NC(=O)c2ccc(N3CCN(CC4=C(c5ccc(Cl)cc5)CC(C)(C)CC4)CC3)cc2Oc2cccc3[nH]ccc23)ccc1NCCCS(C)(=O)=O. The number of carbonyl (C=O) groups excluding carboxylic acids is 1. The zero-order valence-electron chi connectivity index (χ0n) is 34.0. The van der Waals surface area contributed by atoms with Crippen LogP contribution in [0.3, 0.4) is 0 Å². The van der Waals surface area contributed by atoms with Gasteiger partial charge in [-0.3, -0.25) is 9.69 Å². The lowest BCUT2D eigenvalue weighted by atomic mass is 9.72. The molecule has 0 spiro atoms. The van der Waals surface area contributed by atoms with Gasteiger partial charge in [0.1, 0.15) is 21.3 Å². The molecule has 4 aromatic carbocycles. The van der Waals surface area contributed by atoms with E-state index in [-0.39, 0.29) is 27.4 Å². The lowest BCUT2D eigenvalue weighted by molar-refractivity contribution is 0.0979. The fraction of sp³-hybridized carbons (Fsp3) is 0.356. The number of aromatic amines is 1. The number of ether oxygens (including phenoxy) is 1. The van der Waals surface area contributed by atoms with Gasteiger partial charge in [0.2, 0.25) is 0 Å². The molecule has 1 fully saturated rings. The molecule has 1 saturated heterocycles. The number of anilines is 2. The fourth-order valence-corrected chi connectivity index (χ4v) is 9.78. The molecule has 59 heavy (non-hydrogen) atoms. The van der Waals surface area contributed by atoms with Gasteiger partial charge < -0.3 is 19.9 Å². The van der Waals surface area contributed by atoms with E-state index in [1.54, 1.807) is 19.1 Å². The number of hydrogen-bond donors (Lipinski definition) is 3. The number of halogens is 1. The van der Waals surface area contributed by atoms with E-state index in [9.17, 15) is 21.6 Å². The van der Waals surface area contributed by atoms with Gasteiger partial charge in [0.15, 0.2) is 0 Å². The number of sulfone groups is 1. The molecule has 0 unspecified atom stereocenters. The number of sulfonamides is 1. The average molecular weight is 859 g/mol. The molecule has 2 heterocycles. The third-order valence-corrected chi connectivity index (χ3v) is 13.9. The Labute approximate surface area is 352 Å². The molecule has 5 aromatic rings. The van der Waals surface area contributed by atoms with Crippen LogP contribution in [0.4, 0.5) is 11.4 Å². The van der Waals surface area contributed by atoms with Crippen LogP contribution in [0.1, 0.15) is 61.0 Å². The first-order chi connectivity index (χ1) is 28.0. The van der Waals surface area contributed by atoms with Crippen molar-refractivity contribution in [2.75, 3.05) is 61.5 Å². The molecule has 0 saturated carbocycles. The van der Waals surface area contributed by atoms with Crippen molar-refractivity contribution in [2.24, 2.45) is 5.41 Å². The third-order valence-electron chi connectivity index (χ3n) is 11.3. The highest BCUT2D eigenvalue weighted by Gasteiger charge is 2.30. The molecular formula is C45H52ClN5O6S2. The van der Waals surface area contributed by atoms with Gasteiger partial charge in [-0.2, -0.15) is 0 Å². The van der Waals surface area contributed by atoms with Crippen molar-refractivity contribution in [2.45, 2.75) is 51.3 Å². The first-order valence-corrected chi connectivity index (χ1v) is 23.9. The number of hydrogen-bond acceptors (Lipinski definition) is 9. The summed E-state index contributed by atoms with van der Waals surface area (Å²) in [4.78, 5) is 21.8. The zero-order chi connectivity index (χ0) is 42.0. The van der Waals surface area contributed by atoms with Crippen LogP contribution in [0.5, 0.6) is 11.5 Å². The first kappa shape index (κ1) is 42.3. The summed E-state index contributed by atoms with van der Waals surface area (Å²) in [6.45, 7) is 11.0. The van der Waals surface area contributed by atoms with Gasteiger partial charge in [-0.1, -0.05) is 49.2 Å². The lowest BCUT2D eigenvalue weighted by Crippen LogP contribution is -2.47. The average Bonchev–Trinajstić information content (AvgIpc) is 3.68. The minimum atomic E-state index is -4.28. The number of piperazine rings is 1. The minimum absolute atomic E-state index is 0.0474. The predicted molar refractivity (Wildman–Crippen MR) is 238 cm³/mol. The number of aromatic nitrogens is 1. The molecule has 14 heteroatoms. The number of benzene rings is 4. The van der Waals surface area contributed by atoms with E-state index in [0.29, 0.717) is 30.0 Å². The largest absolute Gasteiger partial charge is 0.456 e. The van der Waals surface area contributed by atoms with E-state index < -0.39 is 25.8 Å². The molecule has 3 N–H and O–H groups in total. The first-order valence-electron chi connectivity index (χ1n) is 20.0. The maximum Gasteiger partial charge on any atom is 0.268 e. The Morgan fingerprint density at radius 3 is 2.41 bits per heavy atom. The summed E-state index contributed by atoms with van der Waals surface area (Å²) in [7, 11) is -7.36. The number of H-pyrrole nitrogens is 1. The summed E-state index contributed by atoms with van der Waals surface area (Å²) in [6, 6.07) is 25.5. The number of aryl methyl sites for hydroxylation is 1. The van der Waals surface area contributed by atoms with Crippen molar-refractivity contribution in [1.29, 1.82) is 0 Å².